The molecule has 1 saturated heterocycles. The molecular weight excluding hydrogens is 212 g/mol. The first kappa shape index (κ1) is 10.4. The van der Waals surface area contributed by atoms with Crippen molar-refractivity contribution in [2.75, 3.05) is 18.0 Å². The Morgan fingerprint density at radius 3 is 2.59 bits per heavy atom. The fourth-order valence-corrected chi connectivity index (χ4v) is 2.66. The third-order valence-electron chi connectivity index (χ3n) is 3.58. The van der Waals surface area contributed by atoms with Crippen molar-refractivity contribution in [3.05, 3.63) is 40.2 Å². The van der Waals surface area contributed by atoms with Crippen molar-refractivity contribution in [2.24, 2.45) is 0 Å². The van der Waals surface area contributed by atoms with Gasteiger partial charge in [-0.05, 0) is 42.8 Å². The zero-order valence-corrected chi connectivity index (χ0v) is 9.99. The van der Waals surface area contributed by atoms with Crippen LogP contribution in [0.15, 0.2) is 29.1 Å². The Morgan fingerprint density at radius 1 is 1.12 bits per heavy atom. The summed E-state index contributed by atoms with van der Waals surface area (Å²) in [6.45, 7) is 4.35. The second kappa shape index (κ2) is 3.91. The number of pyridine rings is 1. The summed E-state index contributed by atoms with van der Waals surface area (Å²) >= 11 is 0. The second-order valence-electron chi connectivity index (χ2n) is 4.69. The lowest BCUT2D eigenvalue weighted by molar-refractivity contribution is 0.949. The normalized spacial score (nSPS) is 15.7. The summed E-state index contributed by atoms with van der Waals surface area (Å²) in [6, 6.07) is 7.72. The molecule has 0 unspecified atom stereocenters. The van der Waals surface area contributed by atoms with Crippen molar-refractivity contribution in [2.45, 2.75) is 19.8 Å². The highest BCUT2D eigenvalue weighted by Gasteiger charge is 2.15. The Morgan fingerprint density at radius 2 is 1.82 bits per heavy atom. The number of anilines is 1. The van der Waals surface area contributed by atoms with Crippen LogP contribution in [0.3, 0.4) is 0 Å². The molecule has 1 N–H and O–H groups in total. The number of nitrogens with zero attached hydrogens (tertiary/aromatic N) is 1. The molecule has 17 heavy (non-hydrogen) atoms. The number of rotatable bonds is 1. The Kier molecular flexibility index (Phi) is 2.39. The summed E-state index contributed by atoms with van der Waals surface area (Å²) in [5.41, 5.74) is 3.39. The van der Waals surface area contributed by atoms with E-state index in [0.717, 1.165) is 24.0 Å². The highest BCUT2D eigenvalue weighted by Crippen LogP contribution is 2.28. The van der Waals surface area contributed by atoms with Crippen LogP contribution >= 0.6 is 0 Å². The van der Waals surface area contributed by atoms with Gasteiger partial charge in [0.05, 0.1) is 5.52 Å². The van der Waals surface area contributed by atoms with Crippen molar-refractivity contribution in [1.82, 2.24) is 4.98 Å². The summed E-state index contributed by atoms with van der Waals surface area (Å²) in [5.74, 6) is 0. The Bertz CT molecular complexity index is 609. The number of H-pyrrole nitrogens is 1. The molecule has 0 bridgehead atoms. The van der Waals surface area contributed by atoms with Crippen molar-refractivity contribution in [3.8, 4) is 0 Å². The highest BCUT2D eigenvalue weighted by atomic mass is 16.1. The summed E-state index contributed by atoms with van der Waals surface area (Å²) in [6.07, 6.45) is 2.53. The lowest BCUT2D eigenvalue weighted by atomic mass is 10.1. The molecule has 1 aliphatic rings. The molecule has 1 aliphatic heterocycles. The molecule has 0 atom stereocenters. The van der Waals surface area contributed by atoms with Crippen LogP contribution in [0.25, 0.3) is 10.9 Å². The molecule has 2 heterocycles. The lowest BCUT2D eigenvalue weighted by Gasteiger charge is -2.20. The molecule has 1 aromatic carbocycles. The second-order valence-corrected chi connectivity index (χ2v) is 4.69. The van der Waals surface area contributed by atoms with Crippen LogP contribution in [0.4, 0.5) is 5.69 Å². The van der Waals surface area contributed by atoms with Gasteiger partial charge in [0.1, 0.15) is 0 Å². The minimum atomic E-state index is -0.0285. The number of hydrogen-bond acceptors (Lipinski definition) is 2. The van der Waals surface area contributed by atoms with Gasteiger partial charge in [-0.15, -0.1) is 0 Å². The molecule has 1 fully saturated rings. The fraction of sp³-hybridized carbons (Fsp3) is 0.357. The Hall–Kier alpha value is -1.77. The zero-order chi connectivity index (χ0) is 11.8. The van der Waals surface area contributed by atoms with E-state index >= 15 is 0 Å². The predicted molar refractivity (Wildman–Crippen MR) is 70.8 cm³/mol. The molecule has 2 aromatic rings. The SMILES string of the molecule is Cc1c(N2CCCC2)ccc2ccc(=O)[nH]c12. The van der Waals surface area contributed by atoms with Crippen LogP contribution in [0.5, 0.6) is 0 Å². The van der Waals surface area contributed by atoms with E-state index in [4.69, 9.17) is 0 Å². The number of benzene rings is 1. The van der Waals surface area contributed by atoms with Gasteiger partial charge >= 0.3 is 0 Å². The smallest absolute Gasteiger partial charge is 0.248 e. The van der Waals surface area contributed by atoms with Gasteiger partial charge in [-0.25, -0.2) is 0 Å². The largest absolute Gasteiger partial charge is 0.371 e. The van der Waals surface area contributed by atoms with E-state index in [2.05, 4.69) is 28.9 Å². The van der Waals surface area contributed by atoms with E-state index in [0.29, 0.717) is 0 Å². The zero-order valence-electron chi connectivity index (χ0n) is 9.99. The van der Waals surface area contributed by atoms with E-state index in [1.165, 1.54) is 24.1 Å². The minimum Gasteiger partial charge on any atom is -0.371 e. The fourth-order valence-electron chi connectivity index (χ4n) is 2.66. The highest BCUT2D eigenvalue weighted by molar-refractivity contribution is 5.86. The quantitative estimate of drug-likeness (QED) is 0.813. The van der Waals surface area contributed by atoms with E-state index in [-0.39, 0.29) is 5.56 Å². The maximum absolute atomic E-state index is 11.4. The molecule has 3 heteroatoms. The van der Waals surface area contributed by atoms with E-state index in [1.807, 2.05) is 6.07 Å². The molecule has 0 spiro atoms. The van der Waals surface area contributed by atoms with Gasteiger partial charge in [0.2, 0.25) is 5.56 Å². The first-order valence-corrected chi connectivity index (χ1v) is 6.13. The van der Waals surface area contributed by atoms with Gasteiger partial charge in [-0.1, -0.05) is 6.07 Å². The molecule has 0 amide bonds. The van der Waals surface area contributed by atoms with Crippen LogP contribution in [0, 0.1) is 6.92 Å². The topological polar surface area (TPSA) is 36.1 Å². The number of aromatic amines is 1. The van der Waals surface area contributed by atoms with Crippen LogP contribution in [-0.4, -0.2) is 18.1 Å². The standard InChI is InChI=1S/C14H16N2O/c1-10-12(16-8-2-3-9-16)6-4-11-5-7-13(17)15-14(10)11/h4-7H,2-3,8-9H2,1H3,(H,15,17). The van der Waals surface area contributed by atoms with Crippen LogP contribution in [0.2, 0.25) is 0 Å². The minimum absolute atomic E-state index is 0.0285. The lowest BCUT2D eigenvalue weighted by Crippen LogP contribution is -2.19. The first-order valence-electron chi connectivity index (χ1n) is 6.13. The average molecular weight is 228 g/mol. The molecule has 3 rings (SSSR count). The maximum atomic E-state index is 11.4. The number of fused-ring (bicyclic) bond motifs is 1. The summed E-state index contributed by atoms with van der Waals surface area (Å²) in [5, 5.41) is 1.10. The third-order valence-corrected chi connectivity index (χ3v) is 3.58. The van der Waals surface area contributed by atoms with Crippen LogP contribution in [-0.2, 0) is 0 Å². The average Bonchev–Trinajstić information content (AvgIpc) is 2.84. The molecular formula is C14H16N2O. The molecule has 88 valence electrons. The number of aryl methyl sites for hydroxylation is 1. The molecule has 0 aliphatic carbocycles. The monoisotopic (exact) mass is 228 g/mol. The number of aromatic nitrogens is 1. The van der Waals surface area contributed by atoms with Gasteiger partial charge in [-0.3, -0.25) is 4.79 Å². The van der Waals surface area contributed by atoms with Gasteiger partial charge in [0.15, 0.2) is 0 Å². The number of nitrogens with one attached hydrogen (secondary N) is 1. The van der Waals surface area contributed by atoms with E-state index in [9.17, 15) is 4.79 Å². The van der Waals surface area contributed by atoms with Crippen molar-refractivity contribution in [3.63, 3.8) is 0 Å². The van der Waals surface area contributed by atoms with Crippen molar-refractivity contribution >= 4 is 16.6 Å². The molecule has 0 saturated carbocycles. The van der Waals surface area contributed by atoms with Gasteiger partial charge in [0.25, 0.3) is 0 Å². The van der Waals surface area contributed by atoms with Crippen molar-refractivity contribution < 1.29 is 0 Å². The first-order chi connectivity index (χ1) is 8.25. The number of hydrogen-bond donors (Lipinski definition) is 1. The molecule has 1 aromatic heterocycles. The van der Waals surface area contributed by atoms with Crippen molar-refractivity contribution in [1.29, 1.82) is 0 Å². The summed E-state index contributed by atoms with van der Waals surface area (Å²) < 4.78 is 0. The van der Waals surface area contributed by atoms with Crippen LogP contribution < -0.4 is 10.5 Å². The van der Waals surface area contributed by atoms with Gasteiger partial charge in [-0.2, -0.15) is 0 Å². The summed E-state index contributed by atoms with van der Waals surface area (Å²) in [4.78, 5) is 16.7. The van der Waals surface area contributed by atoms with Gasteiger partial charge < -0.3 is 9.88 Å². The Balaban J connectivity index is 2.20. The molecule has 0 radical (unpaired) electrons. The predicted octanol–water partition coefficient (Wildman–Crippen LogP) is 2.44. The van der Waals surface area contributed by atoms with Gasteiger partial charge in [0, 0.05) is 24.8 Å². The Labute approximate surface area is 100 Å². The summed E-state index contributed by atoms with van der Waals surface area (Å²) in [7, 11) is 0. The third kappa shape index (κ3) is 1.71. The van der Waals surface area contributed by atoms with Crippen LogP contribution in [0.1, 0.15) is 18.4 Å². The van der Waals surface area contributed by atoms with E-state index < -0.39 is 0 Å². The van der Waals surface area contributed by atoms with E-state index in [1.54, 1.807) is 6.07 Å². The molecule has 3 nitrogen and oxygen atoms in total. The maximum Gasteiger partial charge on any atom is 0.248 e.